The van der Waals surface area contributed by atoms with E-state index in [1.165, 1.54) is 0 Å². The lowest BCUT2D eigenvalue weighted by Gasteiger charge is -2.29. The second kappa shape index (κ2) is 8.21. The van der Waals surface area contributed by atoms with Gasteiger partial charge in [-0.3, -0.25) is 4.79 Å². The van der Waals surface area contributed by atoms with Gasteiger partial charge in [0.25, 0.3) is 5.91 Å². The molecule has 0 saturated carbocycles. The zero-order chi connectivity index (χ0) is 25.9. The first-order valence-corrected chi connectivity index (χ1v) is 10.5. The quantitative estimate of drug-likeness (QED) is 0.398. The van der Waals surface area contributed by atoms with Crippen molar-refractivity contribution in [1.82, 2.24) is 15.0 Å². The average Bonchev–Trinajstić information content (AvgIpc) is 3.27. The van der Waals surface area contributed by atoms with Crippen molar-refractivity contribution in [3.05, 3.63) is 58.5 Å². The van der Waals surface area contributed by atoms with Gasteiger partial charge in [0, 0.05) is 29.3 Å². The number of rotatable bonds is 3. The molecule has 0 unspecified atom stereocenters. The summed E-state index contributed by atoms with van der Waals surface area (Å²) in [6.45, 7) is 6.27. The lowest BCUT2D eigenvalue weighted by molar-refractivity contribution is -0.142. The summed E-state index contributed by atoms with van der Waals surface area (Å²) in [6, 6.07) is 2.60. The monoisotopic (exact) mass is 497 g/mol. The maximum atomic E-state index is 13.8. The van der Waals surface area contributed by atoms with E-state index in [1.54, 1.807) is 27.7 Å². The van der Waals surface area contributed by atoms with E-state index in [-0.39, 0.29) is 34.5 Å². The maximum Gasteiger partial charge on any atom is 0.438 e. The molecule has 0 fully saturated rings. The van der Waals surface area contributed by atoms with Gasteiger partial charge in [-0.15, -0.1) is 0 Å². The average molecular weight is 497 g/mol. The Bertz CT molecular complexity index is 1370. The second-order valence-corrected chi connectivity index (χ2v) is 9.05. The molecule has 4 rings (SSSR count). The van der Waals surface area contributed by atoms with E-state index < -0.39 is 52.4 Å². The summed E-state index contributed by atoms with van der Waals surface area (Å²) in [6.07, 6.45) is -4.28. The third-order valence-electron chi connectivity index (χ3n) is 5.47. The fourth-order valence-electron chi connectivity index (χ4n) is 4.05. The fourth-order valence-corrected chi connectivity index (χ4v) is 4.05. The van der Waals surface area contributed by atoms with E-state index in [9.17, 15) is 31.5 Å². The standard InChI is InChI=1S/C23H20F5N3O4/c1-10(2)34-21(33)12-8-31(20(32)11-5-6-13(24)14(25)7-11)9-22(3,4)15-16(12)29-17-18(15)35-30-19(17)23(26,27)28/h5-8,10,29H,9H2,1-4H3. The predicted molar refractivity (Wildman–Crippen MR) is 113 cm³/mol. The number of benzene rings is 1. The van der Waals surface area contributed by atoms with Crippen LogP contribution in [0.2, 0.25) is 0 Å². The van der Waals surface area contributed by atoms with Crippen molar-refractivity contribution in [3.63, 3.8) is 0 Å². The summed E-state index contributed by atoms with van der Waals surface area (Å²) in [4.78, 5) is 29.9. The molecule has 0 saturated heterocycles. The number of hydrogen-bond acceptors (Lipinski definition) is 5. The van der Waals surface area contributed by atoms with Gasteiger partial charge in [-0.25, -0.2) is 13.6 Å². The van der Waals surface area contributed by atoms with E-state index in [4.69, 9.17) is 9.26 Å². The Morgan fingerprint density at radius 2 is 1.89 bits per heavy atom. The Hall–Kier alpha value is -3.70. The van der Waals surface area contributed by atoms with Gasteiger partial charge in [0.15, 0.2) is 17.2 Å². The second-order valence-electron chi connectivity index (χ2n) is 9.05. The highest BCUT2D eigenvalue weighted by Gasteiger charge is 2.44. The molecule has 1 N–H and O–H groups in total. The van der Waals surface area contributed by atoms with Crippen LogP contribution in [0.15, 0.2) is 28.9 Å². The molecular formula is C23H20F5N3O4. The van der Waals surface area contributed by atoms with E-state index in [1.807, 2.05) is 0 Å². The number of hydrogen-bond donors (Lipinski definition) is 1. The molecule has 0 spiro atoms. The van der Waals surface area contributed by atoms with Crippen LogP contribution in [0.4, 0.5) is 22.0 Å². The minimum atomic E-state index is -4.82. The van der Waals surface area contributed by atoms with Gasteiger partial charge in [-0.05, 0) is 32.0 Å². The van der Waals surface area contributed by atoms with Crippen LogP contribution in [0.5, 0.6) is 0 Å². The maximum absolute atomic E-state index is 13.8. The SMILES string of the molecule is CC(C)OC(=O)C1=CN(C(=O)c2ccc(F)c(F)c2)CC(C)(C)c2c1[nH]c1c(C(F)(F)F)noc21. The van der Waals surface area contributed by atoms with E-state index >= 15 is 0 Å². The Morgan fingerprint density at radius 3 is 2.49 bits per heavy atom. The number of nitrogens with one attached hydrogen (secondary N) is 1. The third kappa shape index (κ3) is 4.28. The number of halogens is 5. The number of nitrogens with zero attached hydrogens (tertiary/aromatic N) is 2. The predicted octanol–water partition coefficient (Wildman–Crippen LogP) is 5.18. The van der Waals surface area contributed by atoms with Crippen LogP contribution in [0.1, 0.15) is 55.0 Å². The number of alkyl halides is 3. The van der Waals surface area contributed by atoms with Crippen molar-refractivity contribution in [1.29, 1.82) is 0 Å². The molecule has 1 aromatic carbocycles. The molecule has 7 nitrogen and oxygen atoms in total. The van der Waals surface area contributed by atoms with Crippen molar-refractivity contribution >= 4 is 28.5 Å². The summed E-state index contributed by atoms with van der Waals surface area (Å²) < 4.78 is 77.9. The fraction of sp³-hybridized carbons (Fsp3) is 0.348. The van der Waals surface area contributed by atoms with E-state index in [0.717, 1.165) is 29.3 Å². The highest BCUT2D eigenvalue weighted by atomic mass is 19.4. The van der Waals surface area contributed by atoms with E-state index in [2.05, 4.69) is 10.1 Å². The number of ether oxygens (including phenoxy) is 1. The van der Waals surface area contributed by atoms with Crippen molar-refractivity contribution in [2.45, 2.75) is 45.4 Å². The molecule has 12 heteroatoms. The number of H-pyrrole nitrogens is 1. The van der Waals surface area contributed by atoms with Crippen LogP contribution in [-0.2, 0) is 21.1 Å². The van der Waals surface area contributed by atoms with Crippen LogP contribution >= 0.6 is 0 Å². The highest BCUT2D eigenvalue weighted by Crippen LogP contribution is 2.44. The topological polar surface area (TPSA) is 88.4 Å². The molecule has 35 heavy (non-hydrogen) atoms. The zero-order valence-electron chi connectivity index (χ0n) is 19.0. The minimum absolute atomic E-state index is 0.0251. The molecule has 2 aromatic heterocycles. The van der Waals surface area contributed by atoms with Crippen LogP contribution in [-0.4, -0.2) is 39.6 Å². The lowest BCUT2D eigenvalue weighted by atomic mass is 9.83. The summed E-state index contributed by atoms with van der Waals surface area (Å²) in [5.74, 6) is -4.05. The van der Waals surface area contributed by atoms with Crippen molar-refractivity contribution in [3.8, 4) is 0 Å². The third-order valence-corrected chi connectivity index (χ3v) is 5.47. The molecule has 3 aromatic rings. The molecule has 3 heterocycles. The molecule has 1 aliphatic heterocycles. The Kier molecular flexibility index (Phi) is 5.73. The summed E-state index contributed by atoms with van der Waals surface area (Å²) in [7, 11) is 0. The van der Waals surface area contributed by atoms with Gasteiger partial charge in [0.05, 0.1) is 17.4 Å². The van der Waals surface area contributed by atoms with Gasteiger partial charge in [0.1, 0.15) is 5.52 Å². The van der Waals surface area contributed by atoms with Crippen LogP contribution in [0.25, 0.3) is 16.7 Å². The molecular weight excluding hydrogens is 477 g/mol. The molecule has 0 atom stereocenters. The number of esters is 1. The Balaban J connectivity index is 1.92. The number of carbonyl (C=O) groups excluding carboxylic acids is 2. The normalized spacial score (nSPS) is 15.7. The molecule has 186 valence electrons. The van der Waals surface area contributed by atoms with Crippen LogP contribution in [0.3, 0.4) is 0 Å². The Labute approximate surface area is 195 Å². The zero-order valence-corrected chi connectivity index (χ0v) is 19.0. The molecule has 0 aliphatic carbocycles. The van der Waals surface area contributed by atoms with Crippen molar-refractivity contribution in [2.24, 2.45) is 0 Å². The number of amides is 1. The molecule has 0 bridgehead atoms. The van der Waals surface area contributed by atoms with Gasteiger partial charge in [-0.1, -0.05) is 19.0 Å². The summed E-state index contributed by atoms with van der Waals surface area (Å²) in [5, 5.41) is 3.14. The number of aromatic nitrogens is 2. The Morgan fingerprint density at radius 1 is 1.20 bits per heavy atom. The number of fused-ring (bicyclic) bond motifs is 3. The smallest absolute Gasteiger partial charge is 0.438 e. The van der Waals surface area contributed by atoms with Gasteiger partial charge >= 0.3 is 12.1 Å². The van der Waals surface area contributed by atoms with Crippen LogP contribution in [0, 0.1) is 11.6 Å². The first kappa shape index (κ1) is 24.4. The number of aromatic amines is 1. The molecule has 1 amide bonds. The lowest BCUT2D eigenvalue weighted by Crippen LogP contribution is -2.37. The van der Waals surface area contributed by atoms with Crippen LogP contribution < -0.4 is 0 Å². The minimum Gasteiger partial charge on any atom is -0.459 e. The molecule has 1 aliphatic rings. The summed E-state index contributed by atoms with van der Waals surface area (Å²) >= 11 is 0. The molecule has 0 radical (unpaired) electrons. The number of carbonyl (C=O) groups is 2. The first-order chi connectivity index (χ1) is 16.2. The highest BCUT2D eigenvalue weighted by molar-refractivity contribution is 6.18. The van der Waals surface area contributed by atoms with E-state index in [0.29, 0.717) is 0 Å². The van der Waals surface area contributed by atoms with Crippen molar-refractivity contribution in [2.75, 3.05) is 6.54 Å². The van der Waals surface area contributed by atoms with Crippen molar-refractivity contribution < 1.29 is 40.8 Å². The van der Waals surface area contributed by atoms with Gasteiger partial charge in [-0.2, -0.15) is 13.2 Å². The largest absolute Gasteiger partial charge is 0.459 e. The first-order valence-electron chi connectivity index (χ1n) is 10.5. The summed E-state index contributed by atoms with van der Waals surface area (Å²) in [5.41, 5.74) is -3.31. The van der Waals surface area contributed by atoms with Gasteiger partial charge in [0.2, 0.25) is 5.69 Å². The van der Waals surface area contributed by atoms with Gasteiger partial charge < -0.3 is 19.1 Å².